The highest BCUT2D eigenvalue weighted by Crippen LogP contribution is 2.21. The van der Waals surface area contributed by atoms with Crippen molar-refractivity contribution in [3.8, 4) is 0 Å². The molecule has 0 aliphatic carbocycles. The van der Waals surface area contributed by atoms with Crippen molar-refractivity contribution in [1.29, 1.82) is 0 Å². The highest BCUT2D eigenvalue weighted by Gasteiger charge is 2.18. The first kappa shape index (κ1) is 11.2. The van der Waals surface area contributed by atoms with Crippen molar-refractivity contribution in [3.05, 3.63) is 11.8 Å². The van der Waals surface area contributed by atoms with Crippen molar-refractivity contribution in [2.45, 2.75) is 26.7 Å². The normalized spacial score (nSPS) is 20.9. The fourth-order valence-electron chi connectivity index (χ4n) is 2.19. The van der Waals surface area contributed by atoms with Crippen LogP contribution >= 0.6 is 0 Å². The number of piperidine rings is 1. The van der Waals surface area contributed by atoms with E-state index in [1.165, 1.54) is 12.8 Å². The number of rotatable bonds is 2. The van der Waals surface area contributed by atoms with Gasteiger partial charge in [0.05, 0.1) is 0 Å². The largest absolute Gasteiger partial charge is 0.373 e. The van der Waals surface area contributed by atoms with Gasteiger partial charge in [0.25, 0.3) is 0 Å². The summed E-state index contributed by atoms with van der Waals surface area (Å²) in [6.07, 6.45) is 2.56. The van der Waals surface area contributed by atoms with E-state index in [0.717, 1.165) is 36.5 Å². The van der Waals surface area contributed by atoms with Crippen LogP contribution in [0.2, 0.25) is 0 Å². The SMILES string of the molecule is CNc1cc(C)nc(N2CCCC(C)C2)n1. The van der Waals surface area contributed by atoms with E-state index in [2.05, 4.69) is 27.1 Å². The first-order valence-electron chi connectivity index (χ1n) is 5.97. The Balaban J connectivity index is 2.21. The predicted molar refractivity (Wildman–Crippen MR) is 66.9 cm³/mol. The third kappa shape index (κ3) is 2.43. The maximum atomic E-state index is 4.51. The molecule has 0 amide bonds. The van der Waals surface area contributed by atoms with Crippen LogP contribution < -0.4 is 10.2 Å². The molecule has 1 atom stereocenters. The number of aromatic nitrogens is 2. The number of nitrogens with zero attached hydrogens (tertiary/aromatic N) is 3. The van der Waals surface area contributed by atoms with Gasteiger partial charge in [-0.15, -0.1) is 0 Å². The molecule has 1 saturated heterocycles. The average Bonchev–Trinajstić information content (AvgIpc) is 2.28. The summed E-state index contributed by atoms with van der Waals surface area (Å²) < 4.78 is 0. The zero-order chi connectivity index (χ0) is 11.5. The van der Waals surface area contributed by atoms with Gasteiger partial charge < -0.3 is 10.2 Å². The smallest absolute Gasteiger partial charge is 0.227 e. The number of aryl methyl sites for hydroxylation is 1. The Kier molecular flexibility index (Phi) is 3.27. The van der Waals surface area contributed by atoms with E-state index in [9.17, 15) is 0 Å². The van der Waals surface area contributed by atoms with E-state index >= 15 is 0 Å². The molecule has 1 aromatic heterocycles. The molecule has 0 spiro atoms. The lowest BCUT2D eigenvalue weighted by molar-refractivity contribution is 0.442. The molecule has 2 rings (SSSR count). The van der Waals surface area contributed by atoms with Crippen LogP contribution in [-0.2, 0) is 0 Å². The zero-order valence-electron chi connectivity index (χ0n) is 10.3. The van der Waals surface area contributed by atoms with E-state index in [1.807, 2.05) is 20.0 Å². The Hall–Kier alpha value is -1.32. The molecule has 88 valence electrons. The Morgan fingerprint density at radius 3 is 2.94 bits per heavy atom. The highest BCUT2D eigenvalue weighted by molar-refractivity contribution is 5.43. The molecule has 1 N–H and O–H groups in total. The second kappa shape index (κ2) is 4.68. The molecule has 4 nitrogen and oxygen atoms in total. The minimum atomic E-state index is 0.746. The molecule has 16 heavy (non-hydrogen) atoms. The summed E-state index contributed by atoms with van der Waals surface area (Å²) in [5, 5.41) is 3.08. The van der Waals surface area contributed by atoms with Gasteiger partial charge >= 0.3 is 0 Å². The van der Waals surface area contributed by atoms with Crippen molar-refractivity contribution in [2.75, 3.05) is 30.4 Å². The first-order chi connectivity index (χ1) is 7.69. The lowest BCUT2D eigenvalue weighted by Crippen LogP contribution is -2.35. The molecule has 1 aromatic rings. The fraction of sp³-hybridized carbons (Fsp3) is 0.667. The number of hydrogen-bond acceptors (Lipinski definition) is 4. The third-order valence-corrected chi connectivity index (χ3v) is 3.04. The molecular formula is C12H20N4. The molecule has 0 radical (unpaired) electrons. The molecule has 0 aromatic carbocycles. The van der Waals surface area contributed by atoms with Gasteiger partial charge in [-0.3, -0.25) is 0 Å². The van der Waals surface area contributed by atoms with Crippen molar-refractivity contribution < 1.29 is 0 Å². The topological polar surface area (TPSA) is 41.1 Å². The van der Waals surface area contributed by atoms with Crippen LogP contribution in [-0.4, -0.2) is 30.1 Å². The summed E-state index contributed by atoms with van der Waals surface area (Å²) >= 11 is 0. The summed E-state index contributed by atoms with van der Waals surface area (Å²) in [4.78, 5) is 11.3. The molecule has 1 aliphatic heterocycles. The van der Waals surface area contributed by atoms with E-state index in [4.69, 9.17) is 0 Å². The molecule has 1 unspecified atom stereocenters. The molecule has 0 saturated carbocycles. The van der Waals surface area contributed by atoms with Gasteiger partial charge in [0.1, 0.15) is 5.82 Å². The second-order valence-electron chi connectivity index (χ2n) is 4.64. The summed E-state index contributed by atoms with van der Waals surface area (Å²) in [6.45, 7) is 6.46. The van der Waals surface area contributed by atoms with E-state index in [1.54, 1.807) is 0 Å². The average molecular weight is 220 g/mol. The predicted octanol–water partition coefficient (Wildman–Crippen LogP) is 2.06. The molecule has 2 heterocycles. The molecule has 1 aliphatic rings. The quantitative estimate of drug-likeness (QED) is 0.828. The Morgan fingerprint density at radius 2 is 2.25 bits per heavy atom. The summed E-state index contributed by atoms with van der Waals surface area (Å²) in [5.41, 5.74) is 1.02. The Bertz CT molecular complexity index is 364. The highest BCUT2D eigenvalue weighted by atomic mass is 15.3. The fourth-order valence-corrected chi connectivity index (χ4v) is 2.19. The maximum absolute atomic E-state index is 4.51. The van der Waals surface area contributed by atoms with Gasteiger partial charge in [-0.25, -0.2) is 4.98 Å². The van der Waals surface area contributed by atoms with Gasteiger partial charge in [0.15, 0.2) is 0 Å². The Morgan fingerprint density at radius 1 is 1.44 bits per heavy atom. The zero-order valence-corrected chi connectivity index (χ0v) is 10.3. The molecule has 4 heteroatoms. The van der Waals surface area contributed by atoms with Gasteiger partial charge in [0, 0.05) is 31.9 Å². The minimum Gasteiger partial charge on any atom is -0.373 e. The van der Waals surface area contributed by atoms with Crippen LogP contribution in [0.3, 0.4) is 0 Å². The molecule has 1 fully saturated rings. The van der Waals surface area contributed by atoms with Gasteiger partial charge in [-0.1, -0.05) is 6.92 Å². The van der Waals surface area contributed by atoms with Crippen molar-refractivity contribution in [3.63, 3.8) is 0 Å². The van der Waals surface area contributed by atoms with Crippen LogP contribution in [0, 0.1) is 12.8 Å². The third-order valence-electron chi connectivity index (χ3n) is 3.04. The second-order valence-corrected chi connectivity index (χ2v) is 4.64. The maximum Gasteiger partial charge on any atom is 0.227 e. The van der Waals surface area contributed by atoms with Gasteiger partial charge in [0.2, 0.25) is 5.95 Å². The van der Waals surface area contributed by atoms with Crippen LogP contribution in [0.15, 0.2) is 6.07 Å². The van der Waals surface area contributed by atoms with Gasteiger partial charge in [-0.2, -0.15) is 4.98 Å². The number of nitrogens with one attached hydrogen (secondary N) is 1. The number of hydrogen-bond donors (Lipinski definition) is 1. The Labute approximate surface area is 97.1 Å². The monoisotopic (exact) mass is 220 g/mol. The number of anilines is 2. The van der Waals surface area contributed by atoms with E-state index in [0.29, 0.717) is 0 Å². The van der Waals surface area contributed by atoms with Crippen LogP contribution in [0.4, 0.5) is 11.8 Å². The van der Waals surface area contributed by atoms with Crippen molar-refractivity contribution in [2.24, 2.45) is 5.92 Å². The molecule has 0 bridgehead atoms. The lowest BCUT2D eigenvalue weighted by atomic mass is 10.0. The van der Waals surface area contributed by atoms with Gasteiger partial charge in [-0.05, 0) is 25.7 Å². The standard InChI is InChI=1S/C12H20N4/c1-9-5-4-6-16(8-9)12-14-10(2)7-11(13-3)15-12/h7,9H,4-6,8H2,1-3H3,(H,13,14,15). The van der Waals surface area contributed by atoms with Crippen molar-refractivity contribution >= 4 is 11.8 Å². The summed E-state index contributed by atoms with van der Waals surface area (Å²) in [7, 11) is 1.89. The summed E-state index contributed by atoms with van der Waals surface area (Å²) in [5.74, 6) is 2.52. The van der Waals surface area contributed by atoms with Crippen LogP contribution in [0.5, 0.6) is 0 Å². The first-order valence-corrected chi connectivity index (χ1v) is 5.97. The van der Waals surface area contributed by atoms with E-state index in [-0.39, 0.29) is 0 Å². The lowest BCUT2D eigenvalue weighted by Gasteiger charge is -2.31. The van der Waals surface area contributed by atoms with Crippen LogP contribution in [0.25, 0.3) is 0 Å². The van der Waals surface area contributed by atoms with Crippen molar-refractivity contribution in [1.82, 2.24) is 9.97 Å². The van der Waals surface area contributed by atoms with Crippen LogP contribution in [0.1, 0.15) is 25.5 Å². The molecular weight excluding hydrogens is 200 g/mol. The van der Waals surface area contributed by atoms with E-state index < -0.39 is 0 Å². The minimum absolute atomic E-state index is 0.746. The summed E-state index contributed by atoms with van der Waals surface area (Å²) in [6, 6.07) is 1.97.